The van der Waals surface area contributed by atoms with Crippen molar-refractivity contribution in [3.05, 3.63) is 117 Å². The lowest BCUT2D eigenvalue weighted by Crippen LogP contribution is -2.60. The normalized spacial score (nSPS) is 14.2. The van der Waals surface area contributed by atoms with Crippen molar-refractivity contribution in [3.8, 4) is 0 Å². The molecule has 10 nitrogen and oxygen atoms in total. The Labute approximate surface area is 299 Å². The van der Waals surface area contributed by atoms with Gasteiger partial charge in [-0.25, -0.2) is 9.59 Å². The van der Waals surface area contributed by atoms with Gasteiger partial charge in [0.25, 0.3) is 0 Å². The molecular weight excluding hydrogens is 636 g/mol. The molecule has 0 saturated heterocycles. The van der Waals surface area contributed by atoms with Gasteiger partial charge in [-0.1, -0.05) is 150 Å². The first-order valence-electron chi connectivity index (χ1n) is 18.2. The number of carboxylic acid groups (broad SMARTS) is 2. The summed E-state index contributed by atoms with van der Waals surface area (Å²) in [5.41, 5.74) is -3.33. The highest BCUT2D eigenvalue weighted by Crippen LogP contribution is 2.38. The Kier molecular flexibility index (Phi) is 28.0. The Morgan fingerprint density at radius 3 is 1.60 bits per heavy atom. The van der Waals surface area contributed by atoms with Crippen LogP contribution in [0.4, 0.5) is 0 Å². The maximum Gasteiger partial charge on any atom is 0.555 e. The highest BCUT2D eigenvalue weighted by atomic mass is 16.7. The molecule has 10 heteroatoms. The Hall–Kier alpha value is -4.34. The van der Waals surface area contributed by atoms with Gasteiger partial charge in [0.05, 0.1) is 0 Å². The van der Waals surface area contributed by atoms with Crippen molar-refractivity contribution < 1.29 is 29.6 Å². The highest BCUT2D eigenvalue weighted by molar-refractivity contribution is 5.80. The second kappa shape index (κ2) is 30.7. The Balaban J connectivity index is 5.57. The predicted molar refractivity (Wildman–Crippen MR) is 202 cm³/mol. The van der Waals surface area contributed by atoms with Crippen LogP contribution < -0.4 is 0 Å². The van der Waals surface area contributed by atoms with Gasteiger partial charge >= 0.3 is 17.6 Å². The summed E-state index contributed by atoms with van der Waals surface area (Å²) in [7, 11) is 0. The van der Waals surface area contributed by atoms with E-state index in [9.17, 15) is 34.9 Å². The average molecular weight is 697 g/mol. The van der Waals surface area contributed by atoms with Gasteiger partial charge < -0.3 is 10.2 Å². The van der Waals surface area contributed by atoms with Crippen molar-refractivity contribution >= 4 is 11.9 Å². The maximum absolute atomic E-state index is 12.4. The minimum absolute atomic E-state index is 0.0785. The van der Waals surface area contributed by atoms with Crippen molar-refractivity contribution in [2.24, 2.45) is 11.8 Å². The molecule has 0 aliphatic carbocycles. The van der Waals surface area contributed by atoms with Gasteiger partial charge in [-0.05, 0) is 70.1 Å². The first-order valence-corrected chi connectivity index (χ1v) is 18.2. The van der Waals surface area contributed by atoms with Crippen molar-refractivity contribution in [2.45, 2.75) is 129 Å². The molecule has 0 aliphatic rings. The van der Waals surface area contributed by atoms with E-state index in [0.29, 0.717) is 38.5 Å². The lowest BCUT2D eigenvalue weighted by Gasteiger charge is -2.29. The number of allylic oxidation sites excluding steroid dienone is 15. The van der Waals surface area contributed by atoms with Gasteiger partial charge in [0, 0.05) is 6.08 Å². The van der Waals surface area contributed by atoms with Gasteiger partial charge in [0.15, 0.2) is 0 Å². The number of unbranched alkanes of at least 4 members (excludes halogenated alkanes) is 8. The van der Waals surface area contributed by atoms with Crippen LogP contribution in [0.25, 0.3) is 0 Å². The smallest absolute Gasteiger partial charge is 0.478 e. The van der Waals surface area contributed by atoms with Crippen LogP contribution in [-0.2, 0) is 9.59 Å². The number of carboxylic acids is 2. The Morgan fingerprint density at radius 2 is 1.06 bits per heavy atom. The lowest BCUT2D eigenvalue weighted by atomic mass is 9.74. The largest absolute Gasteiger partial charge is 0.555 e. The summed E-state index contributed by atoms with van der Waals surface area (Å²) in [6.07, 6.45) is 42.6. The van der Waals surface area contributed by atoms with Gasteiger partial charge in [0.2, 0.25) is 0 Å². The minimum Gasteiger partial charge on any atom is -0.478 e. The Bertz CT molecular complexity index is 1170. The van der Waals surface area contributed by atoms with E-state index in [2.05, 4.69) is 38.2 Å². The van der Waals surface area contributed by atoms with Gasteiger partial charge in [0.1, 0.15) is 15.8 Å². The summed E-state index contributed by atoms with van der Waals surface area (Å²) in [5, 5.41) is 43.1. The zero-order valence-electron chi connectivity index (χ0n) is 30.2. The SMILES string of the molecule is CCCCC/C=C\C/C=C\C/C=C\C/C=C\CC(C(CCCCC=CC=CC=CC=CC(=O)O)CCCCCC)C(C(=O)O)([N+](=O)[O-])[N+](=O)[O-]. The van der Waals surface area contributed by atoms with Crippen LogP contribution in [-0.4, -0.2) is 37.7 Å². The molecule has 0 aromatic rings. The third kappa shape index (κ3) is 20.9. The van der Waals surface area contributed by atoms with Crippen LogP contribution >= 0.6 is 0 Å². The van der Waals surface area contributed by atoms with E-state index in [1.807, 2.05) is 24.3 Å². The van der Waals surface area contributed by atoms with Crippen molar-refractivity contribution in [1.29, 1.82) is 0 Å². The number of rotatable bonds is 31. The van der Waals surface area contributed by atoms with Crippen LogP contribution in [0.15, 0.2) is 97.2 Å². The van der Waals surface area contributed by atoms with Crippen LogP contribution in [0.1, 0.15) is 123 Å². The van der Waals surface area contributed by atoms with E-state index in [4.69, 9.17) is 5.11 Å². The summed E-state index contributed by atoms with van der Waals surface area (Å²) < 4.78 is 0. The third-order valence-electron chi connectivity index (χ3n) is 8.36. The van der Waals surface area contributed by atoms with E-state index in [1.54, 1.807) is 36.5 Å². The third-order valence-corrected chi connectivity index (χ3v) is 8.36. The molecule has 278 valence electrons. The molecule has 2 N–H and O–H groups in total. The molecule has 0 aromatic carbocycles. The monoisotopic (exact) mass is 696 g/mol. The topological polar surface area (TPSA) is 161 Å². The van der Waals surface area contributed by atoms with E-state index in [-0.39, 0.29) is 6.42 Å². The summed E-state index contributed by atoms with van der Waals surface area (Å²) in [6, 6.07) is 0. The van der Waals surface area contributed by atoms with Gasteiger partial charge in [-0.3, -0.25) is 20.2 Å². The molecule has 0 rings (SSSR count). The Morgan fingerprint density at radius 1 is 0.600 bits per heavy atom. The fourth-order valence-electron chi connectivity index (χ4n) is 5.64. The number of carbonyl (C=O) groups is 2. The highest BCUT2D eigenvalue weighted by Gasteiger charge is 2.71. The first-order chi connectivity index (χ1) is 24.2. The molecule has 0 aliphatic heterocycles. The van der Waals surface area contributed by atoms with Crippen LogP contribution in [0, 0.1) is 32.1 Å². The second-order valence-electron chi connectivity index (χ2n) is 12.3. The summed E-state index contributed by atoms with van der Waals surface area (Å²) in [5.74, 6) is -4.88. The van der Waals surface area contributed by atoms with Crippen LogP contribution in [0.5, 0.6) is 0 Å². The van der Waals surface area contributed by atoms with E-state index < -0.39 is 39.3 Å². The van der Waals surface area contributed by atoms with Gasteiger partial charge in [-0.15, -0.1) is 0 Å². The molecule has 0 spiro atoms. The number of nitrogens with zero attached hydrogens (tertiary/aromatic N) is 2. The van der Waals surface area contributed by atoms with Crippen molar-refractivity contribution in [3.63, 3.8) is 0 Å². The standard InChI is InChI=1S/C40H60N2O8/c1-3-5-7-9-10-11-12-13-14-15-16-20-23-26-30-34-37(40(39(45)46,41(47)48)42(49)50)36(32-28-8-6-4-2)33-29-25-22-19-17-18-21-24-27-31-35-38(43)44/h10-11,13-14,16-21,24,26-27,30-31,35-37H,3-9,12,15,22-23,25,28-29,32-34H2,1-2H3,(H,43,44)(H,45,46)/b11-10-,14-13-,19-17?,20-16-,21-18?,27-24?,30-26-,35-31?. The number of aliphatic carboxylic acids is 2. The summed E-state index contributed by atoms with van der Waals surface area (Å²) in [6.45, 7) is 4.25. The van der Waals surface area contributed by atoms with E-state index in [1.165, 1.54) is 25.3 Å². The quantitative estimate of drug-likeness (QED) is 0.0138. The van der Waals surface area contributed by atoms with E-state index >= 15 is 0 Å². The fourth-order valence-corrected chi connectivity index (χ4v) is 5.64. The molecule has 0 radical (unpaired) electrons. The number of hydrogen-bond acceptors (Lipinski definition) is 6. The zero-order valence-corrected chi connectivity index (χ0v) is 30.2. The summed E-state index contributed by atoms with van der Waals surface area (Å²) >= 11 is 0. The molecule has 0 saturated carbocycles. The minimum atomic E-state index is -3.33. The summed E-state index contributed by atoms with van der Waals surface area (Å²) in [4.78, 5) is 45.0. The lowest BCUT2D eigenvalue weighted by molar-refractivity contribution is -0.789. The second-order valence-corrected chi connectivity index (χ2v) is 12.3. The molecule has 0 fully saturated rings. The number of hydrogen-bond donors (Lipinski definition) is 2. The predicted octanol–water partition coefficient (Wildman–Crippen LogP) is 10.8. The average Bonchev–Trinajstić information content (AvgIpc) is 3.06. The number of nitro groups is 2. The maximum atomic E-state index is 12.4. The van der Waals surface area contributed by atoms with E-state index in [0.717, 1.165) is 51.0 Å². The first kappa shape index (κ1) is 45.7. The molecule has 0 aromatic heterocycles. The van der Waals surface area contributed by atoms with Crippen LogP contribution in [0.3, 0.4) is 0 Å². The molecule has 50 heavy (non-hydrogen) atoms. The molecule has 0 amide bonds. The molecular formula is C40H60N2O8. The fraction of sp³-hybridized carbons (Fsp3) is 0.550. The molecule has 0 bridgehead atoms. The van der Waals surface area contributed by atoms with Crippen LogP contribution in [0.2, 0.25) is 0 Å². The van der Waals surface area contributed by atoms with Crippen molar-refractivity contribution in [2.75, 3.05) is 0 Å². The molecule has 0 heterocycles. The zero-order chi connectivity index (χ0) is 37.3. The molecule has 2 atom stereocenters. The van der Waals surface area contributed by atoms with Gasteiger partial charge in [-0.2, -0.15) is 0 Å². The molecule has 2 unspecified atom stereocenters. The van der Waals surface area contributed by atoms with Crippen molar-refractivity contribution in [1.82, 2.24) is 0 Å².